The summed E-state index contributed by atoms with van der Waals surface area (Å²) in [5, 5.41) is 0. The average Bonchev–Trinajstić information content (AvgIpc) is 2.35. The molecular weight excluding hydrogens is 216 g/mol. The van der Waals surface area contributed by atoms with Gasteiger partial charge in [0.15, 0.2) is 0 Å². The van der Waals surface area contributed by atoms with Crippen LogP contribution in [-0.4, -0.2) is 43.2 Å². The van der Waals surface area contributed by atoms with Crippen LogP contribution in [0.3, 0.4) is 0 Å². The van der Waals surface area contributed by atoms with E-state index >= 15 is 0 Å². The van der Waals surface area contributed by atoms with Gasteiger partial charge in [-0.1, -0.05) is 26.7 Å². The summed E-state index contributed by atoms with van der Waals surface area (Å²) in [4.78, 5) is 14.0. The average molecular weight is 242 g/mol. The van der Waals surface area contributed by atoms with E-state index in [1.807, 2.05) is 4.90 Å². The number of unbranched alkanes of at least 4 members (excludes halogenated alkanes) is 1. The molecule has 1 heterocycles. The van der Waals surface area contributed by atoms with E-state index < -0.39 is 0 Å². The molecule has 2 N–H and O–H groups in total. The zero-order chi connectivity index (χ0) is 12.8. The van der Waals surface area contributed by atoms with Gasteiger partial charge in [-0.25, -0.2) is 0 Å². The summed E-state index contributed by atoms with van der Waals surface area (Å²) in [7, 11) is 1.71. The van der Waals surface area contributed by atoms with Crippen LogP contribution in [0, 0.1) is 5.92 Å². The minimum atomic E-state index is -0.333. The van der Waals surface area contributed by atoms with Crippen molar-refractivity contribution in [3.8, 4) is 0 Å². The minimum absolute atomic E-state index is 0.0902. The number of hydrogen-bond acceptors (Lipinski definition) is 3. The fourth-order valence-corrected chi connectivity index (χ4v) is 2.32. The fraction of sp³-hybridized carbons (Fsp3) is 0.923. The van der Waals surface area contributed by atoms with E-state index in [4.69, 9.17) is 10.5 Å². The second-order valence-electron chi connectivity index (χ2n) is 5.07. The van der Waals surface area contributed by atoms with Crippen LogP contribution in [0.25, 0.3) is 0 Å². The zero-order valence-corrected chi connectivity index (χ0v) is 11.3. The van der Waals surface area contributed by atoms with Gasteiger partial charge < -0.3 is 15.4 Å². The highest BCUT2D eigenvalue weighted by Crippen LogP contribution is 2.20. The molecule has 0 aliphatic carbocycles. The summed E-state index contributed by atoms with van der Waals surface area (Å²) in [6.45, 7) is 5.80. The van der Waals surface area contributed by atoms with Crippen LogP contribution in [0.5, 0.6) is 0 Å². The molecule has 1 amide bonds. The Balaban J connectivity index is 2.46. The van der Waals surface area contributed by atoms with E-state index in [0.717, 1.165) is 32.2 Å². The van der Waals surface area contributed by atoms with Crippen molar-refractivity contribution in [1.29, 1.82) is 0 Å². The van der Waals surface area contributed by atoms with Crippen LogP contribution in [0.2, 0.25) is 0 Å². The Hall–Kier alpha value is -0.610. The molecule has 0 saturated carbocycles. The van der Waals surface area contributed by atoms with Gasteiger partial charge >= 0.3 is 0 Å². The lowest BCUT2D eigenvalue weighted by Crippen LogP contribution is -2.51. The highest BCUT2D eigenvalue weighted by Gasteiger charge is 2.30. The van der Waals surface area contributed by atoms with Crippen molar-refractivity contribution in [2.24, 2.45) is 11.7 Å². The maximum absolute atomic E-state index is 12.1. The van der Waals surface area contributed by atoms with E-state index in [0.29, 0.717) is 12.5 Å². The SMILES string of the molecule is CCCCC(N)C(=O)N1CCC(C)C(OC)C1. The standard InChI is InChI=1S/C13H26N2O2/c1-4-5-6-11(14)13(16)15-8-7-10(2)12(9-15)17-3/h10-12H,4-9,14H2,1-3H3. The van der Waals surface area contributed by atoms with E-state index in [1.54, 1.807) is 7.11 Å². The van der Waals surface area contributed by atoms with E-state index in [1.165, 1.54) is 0 Å². The molecule has 100 valence electrons. The molecular formula is C13H26N2O2. The first-order valence-electron chi connectivity index (χ1n) is 6.67. The van der Waals surface area contributed by atoms with Crippen molar-refractivity contribution in [1.82, 2.24) is 4.90 Å². The van der Waals surface area contributed by atoms with Gasteiger partial charge in [0.1, 0.15) is 0 Å². The lowest BCUT2D eigenvalue weighted by Gasteiger charge is -2.37. The Morgan fingerprint density at radius 1 is 1.59 bits per heavy atom. The van der Waals surface area contributed by atoms with Crippen LogP contribution in [0.15, 0.2) is 0 Å². The Morgan fingerprint density at radius 3 is 2.88 bits per heavy atom. The summed E-state index contributed by atoms with van der Waals surface area (Å²) in [5.74, 6) is 0.614. The molecule has 3 unspecified atom stereocenters. The van der Waals surface area contributed by atoms with Crippen LogP contribution < -0.4 is 5.73 Å². The van der Waals surface area contributed by atoms with Gasteiger partial charge in [0.2, 0.25) is 5.91 Å². The topological polar surface area (TPSA) is 55.6 Å². The molecule has 1 fully saturated rings. The molecule has 3 atom stereocenters. The van der Waals surface area contributed by atoms with Crippen molar-refractivity contribution in [2.75, 3.05) is 20.2 Å². The molecule has 0 radical (unpaired) electrons. The summed E-state index contributed by atoms with van der Waals surface area (Å²) >= 11 is 0. The normalized spacial score (nSPS) is 26.9. The largest absolute Gasteiger partial charge is 0.379 e. The fourth-order valence-electron chi connectivity index (χ4n) is 2.32. The number of ether oxygens (including phenoxy) is 1. The van der Waals surface area contributed by atoms with Crippen molar-refractivity contribution < 1.29 is 9.53 Å². The molecule has 4 nitrogen and oxygen atoms in total. The Bertz CT molecular complexity index is 246. The smallest absolute Gasteiger partial charge is 0.239 e. The van der Waals surface area contributed by atoms with Crippen LogP contribution in [0.4, 0.5) is 0 Å². The molecule has 0 aromatic heterocycles. The lowest BCUT2D eigenvalue weighted by molar-refractivity contribution is -0.137. The molecule has 1 aliphatic heterocycles. The van der Waals surface area contributed by atoms with Gasteiger partial charge in [0.25, 0.3) is 0 Å². The monoisotopic (exact) mass is 242 g/mol. The number of methoxy groups -OCH3 is 1. The van der Waals surface area contributed by atoms with Gasteiger partial charge in [0, 0.05) is 20.2 Å². The zero-order valence-electron chi connectivity index (χ0n) is 11.3. The minimum Gasteiger partial charge on any atom is -0.379 e. The second-order valence-corrected chi connectivity index (χ2v) is 5.07. The van der Waals surface area contributed by atoms with Gasteiger partial charge in [0.05, 0.1) is 12.1 Å². The first-order chi connectivity index (χ1) is 8.10. The maximum Gasteiger partial charge on any atom is 0.239 e. The lowest BCUT2D eigenvalue weighted by atomic mass is 9.95. The predicted molar refractivity (Wildman–Crippen MR) is 68.7 cm³/mol. The number of nitrogens with zero attached hydrogens (tertiary/aromatic N) is 1. The molecule has 1 rings (SSSR count). The maximum atomic E-state index is 12.1. The molecule has 17 heavy (non-hydrogen) atoms. The van der Waals surface area contributed by atoms with Gasteiger partial charge in [-0.05, 0) is 18.8 Å². The van der Waals surface area contributed by atoms with Gasteiger partial charge in [-0.15, -0.1) is 0 Å². The summed E-state index contributed by atoms with van der Waals surface area (Å²) in [6.07, 6.45) is 4.05. The first kappa shape index (κ1) is 14.5. The number of likely N-dealkylation sites (tertiary alicyclic amines) is 1. The Labute approximate surface area is 104 Å². The molecule has 4 heteroatoms. The molecule has 0 bridgehead atoms. The third-order valence-corrected chi connectivity index (χ3v) is 3.69. The quantitative estimate of drug-likeness (QED) is 0.792. The molecule has 1 aliphatic rings. The van der Waals surface area contributed by atoms with Crippen molar-refractivity contribution in [3.63, 3.8) is 0 Å². The highest BCUT2D eigenvalue weighted by atomic mass is 16.5. The van der Waals surface area contributed by atoms with E-state index in [2.05, 4.69) is 13.8 Å². The van der Waals surface area contributed by atoms with E-state index in [9.17, 15) is 4.79 Å². The molecule has 0 spiro atoms. The summed E-state index contributed by atoms with van der Waals surface area (Å²) in [6, 6.07) is -0.333. The second kappa shape index (κ2) is 6.97. The van der Waals surface area contributed by atoms with Gasteiger partial charge in [-0.3, -0.25) is 4.79 Å². The van der Waals surface area contributed by atoms with Crippen LogP contribution in [-0.2, 0) is 9.53 Å². The number of piperidine rings is 1. The van der Waals surface area contributed by atoms with Crippen LogP contribution in [0.1, 0.15) is 39.5 Å². The predicted octanol–water partition coefficient (Wildman–Crippen LogP) is 1.39. The van der Waals surface area contributed by atoms with E-state index in [-0.39, 0.29) is 18.1 Å². The number of carbonyl (C=O) groups excluding carboxylic acids is 1. The number of amides is 1. The summed E-state index contributed by atoms with van der Waals surface area (Å²) in [5.41, 5.74) is 5.92. The summed E-state index contributed by atoms with van der Waals surface area (Å²) < 4.78 is 5.41. The molecule has 0 aromatic rings. The Kier molecular flexibility index (Phi) is 5.92. The van der Waals surface area contributed by atoms with Crippen molar-refractivity contribution in [3.05, 3.63) is 0 Å². The number of hydrogen-bond donors (Lipinski definition) is 1. The molecule has 0 aromatic carbocycles. The molecule has 1 saturated heterocycles. The number of rotatable bonds is 5. The Morgan fingerprint density at radius 2 is 2.29 bits per heavy atom. The third kappa shape index (κ3) is 3.96. The highest BCUT2D eigenvalue weighted by molar-refractivity contribution is 5.81. The first-order valence-corrected chi connectivity index (χ1v) is 6.67. The third-order valence-electron chi connectivity index (χ3n) is 3.69. The van der Waals surface area contributed by atoms with Gasteiger partial charge in [-0.2, -0.15) is 0 Å². The number of nitrogens with two attached hydrogens (primary N) is 1. The van der Waals surface area contributed by atoms with Crippen molar-refractivity contribution in [2.45, 2.75) is 51.7 Å². The van der Waals surface area contributed by atoms with Crippen LogP contribution >= 0.6 is 0 Å². The number of carbonyl (C=O) groups is 1. The van der Waals surface area contributed by atoms with Crippen molar-refractivity contribution >= 4 is 5.91 Å².